The number of ketones is 2. The molecule has 0 spiro atoms. The molecule has 142 valence electrons. The number of benzene rings is 3. The number of allylic oxidation sites excluding steroid dienone is 1. The molecular formula is C25H19NO2S. The van der Waals surface area contributed by atoms with Crippen molar-refractivity contribution in [2.24, 2.45) is 5.92 Å². The van der Waals surface area contributed by atoms with Gasteiger partial charge < -0.3 is 4.90 Å². The fourth-order valence-electron chi connectivity index (χ4n) is 4.03. The highest BCUT2D eigenvalue weighted by atomic mass is 32.2. The summed E-state index contributed by atoms with van der Waals surface area (Å²) in [5, 5.41) is 0.970. The summed E-state index contributed by atoms with van der Waals surface area (Å²) in [6.45, 7) is 0.596. The summed E-state index contributed by atoms with van der Waals surface area (Å²) in [5.41, 5.74) is 3.18. The molecule has 0 radical (unpaired) electrons. The molecule has 0 aromatic heterocycles. The zero-order valence-electron chi connectivity index (χ0n) is 15.7. The molecule has 0 bridgehead atoms. The van der Waals surface area contributed by atoms with Crippen LogP contribution in [0.5, 0.6) is 0 Å². The molecule has 3 aromatic rings. The van der Waals surface area contributed by atoms with Gasteiger partial charge in [-0.15, -0.1) is 0 Å². The van der Waals surface area contributed by atoms with Crippen molar-refractivity contribution in [3.8, 4) is 0 Å². The summed E-state index contributed by atoms with van der Waals surface area (Å²) in [5.74, 6) is -0.149. The van der Waals surface area contributed by atoms with Gasteiger partial charge in [-0.25, -0.2) is 0 Å². The minimum absolute atomic E-state index is 0.0106. The minimum atomic E-state index is -0.254. The number of anilines is 1. The normalized spacial score (nSPS) is 17.7. The number of carbonyl (C=O) groups excluding carboxylic acids is 2. The molecule has 0 unspecified atom stereocenters. The zero-order chi connectivity index (χ0) is 19.8. The van der Waals surface area contributed by atoms with E-state index in [2.05, 4.69) is 17.0 Å². The van der Waals surface area contributed by atoms with Gasteiger partial charge in [0.15, 0.2) is 11.6 Å². The summed E-state index contributed by atoms with van der Waals surface area (Å²) in [6.07, 6.45) is 0.467. The van der Waals surface area contributed by atoms with E-state index < -0.39 is 0 Å². The van der Waals surface area contributed by atoms with Crippen LogP contribution in [-0.4, -0.2) is 18.1 Å². The van der Waals surface area contributed by atoms with E-state index in [9.17, 15) is 9.59 Å². The Balaban J connectivity index is 1.58. The Labute approximate surface area is 174 Å². The van der Waals surface area contributed by atoms with Crippen molar-refractivity contribution in [3.05, 3.63) is 107 Å². The van der Waals surface area contributed by atoms with Crippen LogP contribution >= 0.6 is 11.8 Å². The third-order valence-corrected chi connectivity index (χ3v) is 6.68. The van der Waals surface area contributed by atoms with Crippen LogP contribution in [0.3, 0.4) is 0 Å². The van der Waals surface area contributed by atoms with Crippen LogP contribution in [-0.2, 0) is 0 Å². The molecule has 0 N–H and O–H groups in total. The molecule has 1 atom stereocenters. The maximum absolute atomic E-state index is 13.4. The Morgan fingerprint density at radius 3 is 2.14 bits per heavy atom. The van der Waals surface area contributed by atoms with Gasteiger partial charge in [0.25, 0.3) is 0 Å². The van der Waals surface area contributed by atoms with E-state index in [1.54, 1.807) is 11.8 Å². The summed E-state index contributed by atoms with van der Waals surface area (Å²) in [7, 11) is 0. The highest BCUT2D eigenvalue weighted by molar-refractivity contribution is 8.03. The Kier molecular flexibility index (Phi) is 4.57. The summed E-state index contributed by atoms with van der Waals surface area (Å²) in [6, 6.07) is 26.9. The van der Waals surface area contributed by atoms with Crippen molar-refractivity contribution < 1.29 is 9.59 Å². The number of hydrogen-bond donors (Lipinski definition) is 0. The Morgan fingerprint density at radius 1 is 0.793 bits per heavy atom. The lowest BCUT2D eigenvalue weighted by atomic mass is 9.85. The Hall–Kier alpha value is -3.11. The third kappa shape index (κ3) is 3.19. The number of carbonyl (C=O) groups is 2. The van der Waals surface area contributed by atoms with Gasteiger partial charge in [0.05, 0.1) is 10.7 Å². The summed E-state index contributed by atoms with van der Waals surface area (Å²) < 4.78 is 0. The van der Waals surface area contributed by atoms with E-state index >= 15 is 0 Å². The van der Waals surface area contributed by atoms with E-state index in [4.69, 9.17) is 0 Å². The van der Waals surface area contributed by atoms with Gasteiger partial charge in [-0.2, -0.15) is 0 Å². The first-order valence-electron chi connectivity index (χ1n) is 9.69. The molecule has 3 aromatic carbocycles. The van der Waals surface area contributed by atoms with Crippen LogP contribution < -0.4 is 4.90 Å². The quantitative estimate of drug-likeness (QED) is 0.537. The molecule has 0 saturated carbocycles. The van der Waals surface area contributed by atoms with Crippen LogP contribution in [0, 0.1) is 5.92 Å². The number of hydrogen-bond acceptors (Lipinski definition) is 4. The van der Waals surface area contributed by atoms with Crippen molar-refractivity contribution in [1.82, 2.24) is 0 Å². The fourth-order valence-corrected chi connectivity index (χ4v) is 5.25. The third-order valence-electron chi connectivity index (χ3n) is 5.46. The molecule has 2 aliphatic heterocycles. The van der Waals surface area contributed by atoms with Crippen molar-refractivity contribution in [2.75, 3.05) is 11.4 Å². The van der Waals surface area contributed by atoms with Gasteiger partial charge in [-0.3, -0.25) is 9.59 Å². The van der Waals surface area contributed by atoms with Gasteiger partial charge in [0.2, 0.25) is 0 Å². The number of thioether (sulfide) groups is 1. The Morgan fingerprint density at radius 2 is 1.41 bits per heavy atom. The van der Waals surface area contributed by atoms with E-state index in [0.717, 1.165) is 21.2 Å². The lowest BCUT2D eigenvalue weighted by Crippen LogP contribution is -2.37. The largest absolute Gasteiger partial charge is 0.334 e. The first-order chi connectivity index (χ1) is 14.2. The van der Waals surface area contributed by atoms with E-state index in [1.165, 1.54) is 0 Å². The zero-order valence-corrected chi connectivity index (χ0v) is 16.6. The molecule has 0 saturated heterocycles. The second-order valence-electron chi connectivity index (χ2n) is 7.29. The first-order valence-corrected chi connectivity index (χ1v) is 10.5. The predicted octanol–water partition coefficient (Wildman–Crippen LogP) is 5.60. The second-order valence-corrected chi connectivity index (χ2v) is 8.32. The van der Waals surface area contributed by atoms with Gasteiger partial charge in [-0.1, -0.05) is 84.6 Å². The van der Waals surface area contributed by atoms with Crippen LogP contribution in [0.2, 0.25) is 0 Å². The molecule has 0 fully saturated rings. The van der Waals surface area contributed by atoms with Crippen molar-refractivity contribution in [3.63, 3.8) is 0 Å². The topological polar surface area (TPSA) is 37.4 Å². The highest BCUT2D eigenvalue weighted by Crippen LogP contribution is 2.50. The van der Waals surface area contributed by atoms with Crippen LogP contribution in [0.15, 0.2) is 100 Å². The van der Waals surface area contributed by atoms with Crippen molar-refractivity contribution in [2.45, 2.75) is 11.3 Å². The maximum Gasteiger partial charge on any atom is 0.191 e. The maximum atomic E-state index is 13.4. The monoisotopic (exact) mass is 397 g/mol. The first kappa shape index (κ1) is 18.0. The van der Waals surface area contributed by atoms with Gasteiger partial charge >= 0.3 is 0 Å². The van der Waals surface area contributed by atoms with Crippen LogP contribution in [0.25, 0.3) is 0 Å². The van der Waals surface area contributed by atoms with E-state index in [1.807, 2.05) is 72.8 Å². The number of Topliss-reactive ketones (excluding diaryl/α,β-unsaturated/α-hetero) is 2. The average Bonchev–Trinajstić information content (AvgIpc) is 3.17. The lowest BCUT2D eigenvalue weighted by molar-refractivity contribution is 0.0915. The number of para-hydroxylation sites is 1. The standard InChI is InChI=1S/C25H19NO2S/c27-23(17-9-3-1-4-10-17)19-15-20(24(28)18-11-5-2-6-12-18)25-26(16-19)21-13-7-8-14-22(21)29-25/h1-14,19H,15-16H2/t19-/m1/s1. The smallest absolute Gasteiger partial charge is 0.191 e. The predicted molar refractivity (Wildman–Crippen MR) is 116 cm³/mol. The highest BCUT2D eigenvalue weighted by Gasteiger charge is 2.39. The molecule has 5 rings (SSSR count). The van der Waals surface area contributed by atoms with Crippen LogP contribution in [0.1, 0.15) is 27.1 Å². The van der Waals surface area contributed by atoms with Gasteiger partial charge in [0.1, 0.15) is 0 Å². The second kappa shape index (κ2) is 7.37. The van der Waals surface area contributed by atoms with Gasteiger partial charge in [0, 0.05) is 34.1 Å². The number of rotatable bonds is 4. The minimum Gasteiger partial charge on any atom is -0.334 e. The SMILES string of the molecule is O=C(C1=C2Sc3ccccc3N2C[C@H](C(=O)c2ccccc2)C1)c1ccccc1. The molecule has 29 heavy (non-hydrogen) atoms. The average molecular weight is 397 g/mol. The molecule has 0 amide bonds. The van der Waals surface area contributed by atoms with E-state index in [0.29, 0.717) is 24.1 Å². The van der Waals surface area contributed by atoms with Crippen LogP contribution in [0.4, 0.5) is 5.69 Å². The lowest BCUT2D eigenvalue weighted by Gasteiger charge is -2.32. The summed E-state index contributed by atoms with van der Waals surface area (Å²) >= 11 is 1.63. The molecule has 2 aliphatic rings. The molecular weight excluding hydrogens is 378 g/mol. The Bertz CT molecular complexity index is 1120. The van der Waals surface area contributed by atoms with Crippen molar-refractivity contribution >= 4 is 29.0 Å². The van der Waals surface area contributed by atoms with E-state index in [-0.39, 0.29) is 17.5 Å². The summed E-state index contributed by atoms with van der Waals surface area (Å²) in [4.78, 5) is 29.9. The number of fused-ring (bicyclic) bond motifs is 3. The van der Waals surface area contributed by atoms with Gasteiger partial charge in [-0.05, 0) is 18.6 Å². The molecule has 0 aliphatic carbocycles. The van der Waals surface area contributed by atoms with Crippen molar-refractivity contribution in [1.29, 1.82) is 0 Å². The molecule has 3 nitrogen and oxygen atoms in total. The fraction of sp³-hybridized carbons (Fsp3) is 0.120. The molecule has 2 heterocycles. The number of nitrogens with zero attached hydrogens (tertiary/aromatic N) is 1. The molecule has 4 heteroatoms.